The Hall–Kier alpha value is -0.610. The van der Waals surface area contributed by atoms with Crippen molar-refractivity contribution in [3.05, 3.63) is 6.42 Å². The highest BCUT2D eigenvalue weighted by molar-refractivity contribution is 5.73. The van der Waals surface area contributed by atoms with Crippen LogP contribution in [0.25, 0.3) is 0 Å². The molecule has 0 spiro atoms. The molecule has 83 valence electrons. The number of carbonyl (C=O) groups excluding carboxylic acids is 1. The van der Waals surface area contributed by atoms with E-state index in [1.165, 1.54) is 6.92 Å². The molecule has 0 aromatic rings. The van der Waals surface area contributed by atoms with Gasteiger partial charge in [-0.3, -0.25) is 4.79 Å². The molecule has 4 atom stereocenters. The molecular weight excluding hydrogens is 182 g/mol. The third kappa shape index (κ3) is 4.07. The average Bonchev–Trinajstić information content (AvgIpc) is 2.11. The molecule has 0 rings (SSSR count). The molecule has 14 heavy (non-hydrogen) atoms. The van der Waals surface area contributed by atoms with E-state index in [9.17, 15) is 15.0 Å². The Bertz CT molecular complexity index is 182. The van der Waals surface area contributed by atoms with Crippen LogP contribution >= 0.6 is 0 Å². The summed E-state index contributed by atoms with van der Waals surface area (Å²) in [5.74, 6) is -0.465. The predicted molar refractivity (Wildman–Crippen MR) is 54.4 cm³/mol. The number of rotatable bonds is 5. The summed E-state index contributed by atoms with van der Waals surface area (Å²) in [5, 5.41) is 21.7. The van der Waals surface area contributed by atoms with Crippen LogP contribution in [0.3, 0.4) is 0 Å². The lowest BCUT2D eigenvalue weighted by molar-refractivity contribution is -0.120. The van der Waals surface area contributed by atoms with Crippen LogP contribution in [0.5, 0.6) is 0 Å². The number of amides is 1. The second kappa shape index (κ2) is 5.98. The zero-order valence-corrected chi connectivity index (χ0v) is 9.19. The SMILES string of the molecule is C[CH]C(NC(C)=O)[C@H](O)[C@H](C)C(C)O. The minimum Gasteiger partial charge on any atom is -0.393 e. The third-order valence-electron chi connectivity index (χ3n) is 2.40. The van der Waals surface area contributed by atoms with Crippen molar-refractivity contribution in [1.29, 1.82) is 0 Å². The van der Waals surface area contributed by atoms with Gasteiger partial charge in [0.1, 0.15) is 0 Å². The number of nitrogens with one attached hydrogen (secondary N) is 1. The van der Waals surface area contributed by atoms with E-state index in [1.807, 2.05) is 0 Å². The average molecular weight is 202 g/mol. The Morgan fingerprint density at radius 1 is 1.36 bits per heavy atom. The third-order valence-corrected chi connectivity index (χ3v) is 2.40. The van der Waals surface area contributed by atoms with E-state index < -0.39 is 18.2 Å². The van der Waals surface area contributed by atoms with Gasteiger partial charge in [0.2, 0.25) is 5.91 Å². The van der Waals surface area contributed by atoms with Crippen LogP contribution in [0.4, 0.5) is 0 Å². The summed E-state index contributed by atoms with van der Waals surface area (Å²) in [6.07, 6.45) is 0.357. The van der Waals surface area contributed by atoms with Gasteiger partial charge in [-0.1, -0.05) is 13.8 Å². The highest BCUT2D eigenvalue weighted by Gasteiger charge is 2.26. The van der Waals surface area contributed by atoms with Gasteiger partial charge in [-0.25, -0.2) is 0 Å². The summed E-state index contributed by atoms with van der Waals surface area (Å²) in [7, 11) is 0. The summed E-state index contributed by atoms with van der Waals surface area (Å²) >= 11 is 0. The van der Waals surface area contributed by atoms with Crippen LogP contribution in [0.2, 0.25) is 0 Å². The Labute approximate surface area is 85.3 Å². The van der Waals surface area contributed by atoms with E-state index in [4.69, 9.17) is 0 Å². The van der Waals surface area contributed by atoms with Crippen LogP contribution in [-0.4, -0.2) is 34.4 Å². The first kappa shape index (κ1) is 13.4. The van der Waals surface area contributed by atoms with Crippen molar-refractivity contribution in [2.24, 2.45) is 5.92 Å². The number of hydrogen-bond acceptors (Lipinski definition) is 3. The largest absolute Gasteiger partial charge is 0.393 e. The molecule has 0 saturated heterocycles. The molecule has 0 fully saturated rings. The summed E-state index contributed by atoms with van der Waals surface area (Å²) < 4.78 is 0. The Morgan fingerprint density at radius 3 is 2.14 bits per heavy atom. The lowest BCUT2D eigenvalue weighted by atomic mass is 9.92. The van der Waals surface area contributed by atoms with Gasteiger partial charge in [-0.05, 0) is 13.3 Å². The molecule has 4 heteroatoms. The van der Waals surface area contributed by atoms with Gasteiger partial charge >= 0.3 is 0 Å². The van der Waals surface area contributed by atoms with Crippen LogP contribution in [-0.2, 0) is 4.79 Å². The number of aliphatic hydroxyl groups excluding tert-OH is 2. The lowest BCUT2D eigenvalue weighted by Crippen LogP contribution is -2.47. The van der Waals surface area contributed by atoms with Crippen molar-refractivity contribution >= 4 is 5.91 Å². The molecule has 0 aromatic heterocycles. The van der Waals surface area contributed by atoms with E-state index in [1.54, 1.807) is 27.2 Å². The fourth-order valence-electron chi connectivity index (χ4n) is 1.21. The van der Waals surface area contributed by atoms with Gasteiger partial charge < -0.3 is 15.5 Å². The molecule has 0 saturated carbocycles. The molecular formula is C10H20NO3. The Balaban J connectivity index is 4.29. The molecule has 0 aliphatic carbocycles. The van der Waals surface area contributed by atoms with E-state index in [0.29, 0.717) is 0 Å². The molecule has 1 amide bonds. The predicted octanol–water partition coefficient (Wildman–Crippen LogP) is 0.0931. The smallest absolute Gasteiger partial charge is 0.217 e. The fourth-order valence-corrected chi connectivity index (χ4v) is 1.21. The van der Waals surface area contributed by atoms with Crippen molar-refractivity contribution in [2.75, 3.05) is 0 Å². The molecule has 0 bridgehead atoms. The standard InChI is InChI=1S/C10H20NO3/c1-5-9(11-8(4)13)10(14)6(2)7(3)12/h5-7,9-10,12,14H,1-4H3,(H,11,13)/t6-,7?,9?,10-/m1/s1. The Morgan fingerprint density at radius 2 is 1.86 bits per heavy atom. The summed E-state index contributed by atoms with van der Waals surface area (Å²) in [4.78, 5) is 10.8. The molecule has 2 unspecified atom stereocenters. The molecule has 4 nitrogen and oxygen atoms in total. The van der Waals surface area contributed by atoms with Crippen LogP contribution < -0.4 is 5.32 Å². The molecule has 1 radical (unpaired) electrons. The van der Waals surface area contributed by atoms with E-state index in [0.717, 1.165) is 0 Å². The van der Waals surface area contributed by atoms with E-state index in [2.05, 4.69) is 5.32 Å². The Kier molecular flexibility index (Phi) is 5.72. The van der Waals surface area contributed by atoms with Crippen LogP contribution in [0.15, 0.2) is 0 Å². The second-order valence-electron chi connectivity index (χ2n) is 3.65. The number of hydrogen-bond donors (Lipinski definition) is 3. The maximum atomic E-state index is 10.8. The van der Waals surface area contributed by atoms with Gasteiger partial charge in [-0.2, -0.15) is 0 Å². The minimum absolute atomic E-state index is 0.190. The quantitative estimate of drug-likeness (QED) is 0.592. The van der Waals surface area contributed by atoms with Gasteiger partial charge in [-0.15, -0.1) is 0 Å². The first-order chi connectivity index (χ1) is 6.40. The van der Waals surface area contributed by atoms with Crippen LogP contribution in [0, 0.1) is 12.3 Å². The zero-order valence-electron chi connectivity index (χ0n) is 9.19. The van der Waals surface area contributed by atoms with E-state index >= 15 is 0 Å². The maximum absolute atomic E-state index is 10.8. The summed E-state index contributed by atoms with van der Waals surface area (Å²) in [6, 6.07) is -0.405. The molecule has 0 heterocycles. The fraction of sp³-hybridized carbons (Fsp3) is 0.800. The molecule has 0 aliphatic heterocycles. The summed E-state index contributed by atoms with van der Waals surface area (Å²) in [5.41, 5.74) is 0. The molecule has 3 N–H and O–H groups in total. The van der Waals surface area contributed by atoms with Gasteiger partial charge in [0.05, 0.1) is 18.2 Å². The normalized spacial score (nSPS) is 19.6. The minimum atomic E-state index is -0.760. The van der Waals surface area contributed by atoms with Crippen molar-refractivity contribution in [2.45, 2.75) is 45.9 Å². The van der Waals surface area contributed by atoms with Crippen molar-refractivity contribution in [3.63, 3.8) is 0 Å². The van der Waals surface area contributed by atoms with Crippen molar-refractivity contribution < 1.29 is 15.0 Å². The van der Waals surface area contributed by atoms with Crippen molar-refractivity contribution in [1.82, 2.24) is 5.32 Å². The monoisotopic (exact) mass is 202 g/mol. The van der Waals surface area contributed by atoms with E-state index in [-0.39, 0.29) is 11.8 Å². The maximum Gasteiger partial charge on any atom is 0.217 e. The first-order valence-electron chi connectivity index (χ1n) is 4.82. The zero-order chi connectivity index (χ0) is 11.3. The highest BCUT2D eigenvalue weighted by Crippen LogP contribution is 2.13. The topological polar surface area (TPSA) is 69.6 Å². The highest BCUT2D eigenvalue weighted by atomic mass is 16.3. The number of carbonyl (C=O) groups is 1. The lowest BCUT2D eigenvalue weighted by Gasteiger charge is -2.28. The number of aliphatic hydroxyl groups is 2. The van der Waals surface area contributed by atoms with Crippen molar-refractivity contribution in [3.8, 4) is 0 Å². The molecule has 0 aliphatic rings. The van der Waals surface area contributed by atoms with Gasteiger partial charge in [0.15, 0.2) is 0 Å². The summed E-state index contributed by atoms with van der Waals surface area (Å²) in [6.45, 7) is 6.52. The van der Waals surface area contributed by atoms with Gasteiger partial charge in [0, 0.05) is 12.8 Å². The van der Waals surface area contributed by atoms with Gasteiger partial charge in [0.25, 0.3) is 0 Å². The molecule has 0 aromatic carbocycles. The first-order valence-corrected chi connectivity index (χ1v) is 4.82. The second-order valence-corrected chi connectivity index (χ2v) is 3.65. The van der Waals surface area contributed by atoms with Crippen LogP contribution in [0.1, 0.15) is 27.7 Å².